The number of ether oxygens (including phenoxy) is 1. The van der Waals surface area contributed by atoms with Crippen molar-refractivity contribution < 1.29 is 22.7 Å². The lowest BCUT2D eigenvalue weighted by Gasteiger charge is -2.24. The molecular weight excluding hydrogens is 384 g/mol. The Kier molecular flexibility index (Phi) is 5.33. The smallest absolute Gasteiger partial charge is 0.419 e. The van der Waals surface area contributed by atoms with Crippen molar-refractivity contribution in [2.24, 2.45) is 7.05 Å². The van der Waals surface area contributed by atoms with Crippen LogP contribution in [0.15, 0.2) is 56.6 Å². The van der Waals surface area contributed by atoms with Crippen LogP contribution in [0, 0.1) is 0 Å². The molecule has 0 amide bonds. The largest absolute Gasteiger partial charge is 0.497 e. The minimum Gasteiger partial charge on any atom is -0.497 e. The molecule has 0 unspecified atom stereocenters. The van der Waals surface area contributed by atoms with Gasteiger partial charge in [0.25, 0.3) is 0 Å². The monoisotopic (exact) mass is 406 g/mol. The van der Waals surface area contributed by atoms with Gasteiger partial charge in [0.05, 0.1) is 23.1 Å². The topological polar surface area (TPSA) is 111 Å². The number of aryl methyl sites for hydroxylation is 1. The van der Waals surface area contributed by atoms with Crippen molar-refractivity contribution in [1.82, 2.24) is 9.29 Å². The van der Waals surface area contributed by atoms with Gasteiger partial charge >= 0.3 is 5.76 Å². The Labute approximate surface area is 162 Å². The molecule has 0 bridgehead atoms. The van der Waals surface area contributed by atoms with E-state index in [1.807, 2.05) is 12.1 Å². The predicted molar refractivity (Wildman–Crippen MR) is 104 cm³/mol. The van der Waals surface area contributed by atoms with E-state index in [2.05, 4.69) is 4.72 Å². The van der Waals surface area contributed by atoms with E-state index in [9.17, 15) is 18.3 Å². The molecule has 1 atom stereocenters. The standard InChI is InChI=1S/C19H22N2O6S/c1-19(23,11-13-4-6-14(26-3)7-5-13)12-20-28(24,25)15-8-9-17-16(10-15)21(2)18(22)27-17/h4-10,20,23H,11-12H2,1-3H3/t19-/m1/s1. The molecule has 28 heavy (non-hydrogen) atoms. The number of nitrogens with zero attached hydrogens (tertiary/aromatic N) is 1. The number of nitrogens with one attached hydrogen (secondary N) is 1. The summed E-state index contributed by atoms with van der Waals surface area (Å²) in [6, 6.07) is 11.3. The Morgan fingerprint density at radius 2 is 1.89 bits per heavy atom. The lowest BCUT2D eigenvalue weighted by Crippen LogP contribution is -2.42. The van der Waals surface area contributed by atoms with E-state index in [1.54, 1.807) is 26.2 Å². The van der Waals surface area contributed by atoms with Gasteiger partial charge < -0.3 is 14.3 Å². The van der Waals surface area contributed by atoms with Crippen molar-refractivity contribution in [3.8, 4) is 5.75 Å². The van der Waals surface area contributed by atoms with Gasteiger partial charge in [-0.3, -0.25) is 4.57 Å². The number of oxazole rings is 1. The highest BCUT2D eigenvalue weighted by atomic mass is 32.2. The van der Waals surface area contributed by atoms with Crippen LogP contribution >= 0.6 is 0 Å². The quantitative estimate of drug-likeness (QED) is 0.614. The second kappa shape index (κ2) is 7.42. The number of aliphatic hydroxyl groups is 1. The molecule has 1 heterocycles. The predicted octanol–water partition coefficient (Wildman–Crippen LogP) is 1.41. The molecule has 0 radical (unpaired) electrons. The molecule has 0 spiro atoms. The van der Waals surface area contributed by atoms with Crippen molar-refractivity contribution >= 4 is 21.1 Å². The van der Waals surface area contributed by atoms with E-state index in [0.29, 0.717) is 16.8 Å². The van der Waals surface area contributed by atoms with Crippen molar-refractivity contribution in [2.45, 2.75) is 23.8 Å². The fourth-order valence-corrected chi connectivity index (χ4v) is 4.03. The van der Waals surface area contributed by atoms with E-state index in [1.165, 1.54) is 29.8 Å². The molecule has 8 nitrogen and oxygen atoms in total. The van der Waals surface area contributed by atoms with Crippen molar-refractivity contribution in [3.05, 3.63) is 58.6 Å². The van der Waals surface area contributed by atoms with Crippen LogP contribution in [0.1, 0.15) is 12.5 Å². The summed E-state index contributed by atoms with van der Waals surface area (Å²) in [5, 5.41) is 10.6. The molecule has 0 aliphatic carbocycles. The normalized spacial score (nSPS) is 14.1. The molecule has 3 aromatic rings. The van der Waals surface area contributed by atoms with Crippen LogP contribution in [-0.4, -0.2) is 37.3 Å². The summed E-state index contributed by atoms with van der Waals surface area (Å²) in [6.45, 7) is 1.38. The van der Waals surface area contributed by atoms with E-state index in [4.69, 9.17) is 9.15 Å². The first-order valence-electron chi connectivity index (χ1n) is 8.56. The van der Waals surface area contributed by atoms with Crippen molar-refractivity contribution in [1.29, 1.82) is 0 Å². The summed E-state index contributed by atoms with van der Waals surface area (Å²) in [4.78, 5) is 11.5. The van der Waals surface area contributed by atoms with E-state index < -0.39 is 21.4 Å². The van der Waals surface area contributed by atoms with Gasteiger partial charge in [0.2, 0.25) is 10.0 Å². The Morgan fingerprint density at radius 3 is 2.54 bits per heavy atom. The van der Waals surface area contributed by atoms with Gasteiger partial charge in [0.15, 0.2) is 5.58 Å². The second-order valence-corrected chi connectivity index (χ2v) is 8.67. The number of fused-ring (bicyclic) bond motifs is 1. The zero-order valence-corrected chi connectivity index (χ0v) is 16.6. The molecule has 2 aromatic carbocycles. The third-order valence-corrected chi connectivity index (χ3v) is 5.86. The third-order valence-electron chi connectivity index (χ3n) is 4.46. The van der Waals surface area contributed by atoms with Crippen molar-refractivity contribution in [3.63, 3.8) is 0 Å². The minimum absolute atomic E-state index is 0.0170. The maximum absolute atomic E-state index is 12.6. The van der Waals surface area contributed by atoms with Crippen LogP contribution in [-0.2, 0) is 23.5 Å². The van der Waals surface area contributed by atoms with Gasteiger partial charge in [-0.05, 0) is 42.8 Å². The first kappa shape index (κ1) is 20.1. The molecular formula is C19H22N2O6S. The molecule has 3 rings (SSSR count). The molecule has 1 aromatic heterocycles. The van der Waals surface area contributed by atoms with Gasteiger partial charge in [-0.15, -0.1) is 0 Å². The molecule has 0 fully saturated rings. The summed E-state index contributed by atoms with van der Waals surface area (Å²) >= 11 is 0. The highest BCUT2D eigenvalue weighted by molar-refractivity contribution is 7.89. The molecule has 150 valence electrons. The van der Waals surface area contributed by atoms with Crippen LogP contribution in [0.25, 0.3) is 11.1 Å². The molecule has 0 saturated heterocycles. The highest BCUT2D eigenvalue weighted by Gasteiger charge is 2.25. The lowest BCUT2D eigenvalue weighted by atomic mass is 9.97. The number of methoxy groups -OCH3 is 1. The van der Waals surface area contributed by atoms with Crippen LogP contribution in [0.3, 0.4) is 0 Å². The first-order valence-corrected chi connectivity index (χ1v) is 10.0. The molecule has 0 aliphatic heterocycles. The average Bonchev–Trinajstić information content (AvgIpc) is 2.94. The molecule has 2 N–H and O–H groups in total. The number of hydrogen-bond donors (Lipinski definition) is 2. The zero-order chi connectivity index (χ0) is 20.5. The molecule has 0 aliphatic rings. The summed E-state index contributed by atoms with van der Waals surface area (Å²) in [7, 11) is -0.817. The van der Waals surface area contributed by atoms with E-state index in [-0.39, 0.29) is 17.9 Å². The van der Waals surface area contributed by atoms with Gasteiger partial charge in [0.1, 0.15) is 5.75 Å². The Balaban J connectivity index is 1.74. The molecule has 9 heteroatoms. The lowest BCUT2D eigenvalue weighted by molar-refractivity contribution is 0.0657. The average molecular weight is 406 g/mol. The summed E-state index contributed by atoms with van der Waals surface area (Å²) in [5.74, 6) is 0.132. The van der Waals surface area contributed by atoms with Crippen LogP contribution in [0.4, 0.5) is 0 Å². The zero-order valence-electron chi connectivity index (χ0n) is 15.8. The maximum atomic E-state index is 12.6. The van der Waals surface area contributed by atoms with Crippen LogP contribution in [0.5, 0.6) is 5.75 Å². The van der Waals surface area contributed by atoms with E-state index >= 15 is 0 Å². The number of benzene rings is 2. The third kappa shape index (κ3) is 4.27. The fourth-order valence-electron chi connectivity index (χ4n) is 2.85. The van der Waals surface area contributed by atoms with Gasteiger partial charge in [0, 0.05) is 20.0 Å². The Hall–Kier alpha value is -2.62. The van der Waals surface area contributed by atoms with Crippen LogP contribution in [0.2, 0.25) is 0 Å². The number of rotatable bonds is 7. The number of hydrogen-bond acceptors (Lipinski definition) is 6. The summed E-state index contributed by atoms with van der Waals surface area (Å²) < 4.78 is 39.0. The number of aromatic nitrogens is 1. The highest BCUT2D eigenvalue weighted by Crippen LogP contribution is 2.20. The first-order chi connectivity index (χ1) is 13.1. The second-order valence-electron chi connectivity index (χ2n) is 6.90. The maximum Gasteiger partial charge on any atom is 0.419 e. The summed E-state index contributed by atoms with van der Waals surface area (Å²) in [6.07, 6.45) is 0.259. The van der Waals surface area contributed by atoms with Crippen LogP contribution < -0.4 is 15.2 Å². The van der Waals surface area contributed by atoms with E-state index in [0.717, 1.165) is 5.56 Å². The van der Waals surface area contributed by atoms with Gasteiger partial charge in [-0.25, -0.2) is 17.9 Å². The summed E-state index contributed by atoms with van der Waals surface area (Å²) in [5.41, 5.74) is 0.226. The Bertz CT molecular complexity index is 1140. The van der Waals surface area contributed by atoms with Crippen molar-refractivity contribution in [2.75, 3.05) is 13.7 Å². The molecule has 0 saturated carbocycles. The minimum atomic E-state index is -3.88. The SMILES string of the molecule is COc1ccc(C[C@@](C)(O)CNS(=O)(=O)c2ccc3oc(=O)n(C)c3c2)cc1. The van der Waals surface area contributed by atoms with Gasteiger partial charge in [-0.1, -0.05) is 12.1 Å². The number of sulfonamides is 1. The fraction of sp³-hybridized carbons (Fsp3) is 0.316. The van der Waals surface area contributed by atoms with Gasteiger partial charge in [-0.2, -0.15) is 0 Å². The Morgan fingerprint density at radius 1 is 1.21 bits per heavy atom.